The van der Waals surface area contributed by atoms with E-state index in [1.54, 1.807) is 0 Å². The molecule has 1 amide bonds. The standard InChI is InChI=1S/C28H39N3O2/c1-5-11-28(32)29-17-10-6-7-14-27-30-24-12-8-9-13-25(24)31(27)18-19-33-26-20-22(4)15-16-23(26)21(2)3/h8-9,12-13,15-16,20-21H,5-7,10-11,14,17-19H2,1-4H3,(H,29,32). The summed E-state index contributed by atoms with van der Waals surface area (Å²) in [5.41, 5.74) is 4.67. The van der Waals surface area contributed by atoms with E-state index in [2.05, 4.69) is 67.1 Å². The summed E-state index contributed by atoms with van der Waals surface area (Å²) in [6.07, 6.45) is 5.58. The van der Waals surface area contributed by atoms with Gasteiger partial charge in [-0.25, -0.2) is 4.98 Å². The van der Waals surface area contributed by atoms with Gasteiger partial charge >= 0.3 is 0 Å². The minimum atomic E-state index is 0.161. The number of para-hydroxylation sites is 2. The Morgan fingerprint density at radius 2 is 1.94 bits per heavy atom. The van der Waals surface area contributed by atoms with Gasteiger partial charge < -0.3 is 14.6 Å². The summed E-state index contributed by atoms with van der Waals surface area (Å²) < 4.78 is 8.58. The molecular formula is C28H39N3O2. The highest BCUT2D eigenvalue weighted by Gasteiger charge is 2.12. The molecule has 1 N–H and O–H groups in total. The Hall–Kier alpha value is -2.82. The zero-order valence-corrected chi connectivity index (χ0v) is 20.7. The van der Waals surface area contributed by atoms with E-state index in [1.807, 2.05) is 13.0 Å². The van der Waals surface area contributed by atoms with Crippen molar-refractivity contribution >= 4 is 16.9 Å². The number of ether oxygens (including phenoxy) is 1. The normalized spacial score (nSPS) is 11.3. The number of unbranched alkanes of at least 4 members (excludes halogenated alkanes) is 2. The van der Waals surface area contributed by atoms with E-state index in [4.69, 9.17) is 9.72 Å². The van der Waals surface area contributed by atoms with Gasteiger partial charge in [-0.05, 0) is 61.4 Å². The van der Waals surface area contributed by atoms with Crippen molar-refractivity contribution in [2.75, 3.05) is 13.2 Å². The highest BCUT2D eigenvalue weighted by molar-refractivity contribution is 5.76. The third-order valence-corrected chi connectivity index (χ3v) is 5.97. The van der Waals surface area contributed by atoms with E-state index in [0.29, 0.717) is 18.9 Å². The molecule has 5 nitrogen and oxygen atoms in total. The lowest BCUT2D eigenvalue weighted by atomic mass is 10.0. The second-order valence-electron chi connectivity index (χ2n) is 9.12. The third-order valence-electron chi connectivity index (χ3n) is 5.97. The molecule has 0 bridgehead atoms. The van der Waals surface area contributed by atoms with Crippen LogP contribution in [0.2, 0.25) is 0 Å². The van der Waals surface area contributed by atoms with Crippen LogP contribution in [0.3, 0.4) is 0 Å². The second-order valence-corrected chi connectivity index (χ2v) is 9.12. The average Bonchev–Trinajstić information content (AvgIpc) is 3.13. The van der Waals surface area contributed by atoms with Crippen LogP contribution in [-0.4, -0.2) is 28.6 Å². The van der Waals surface area contributed by atoms with Gasteiger partial charge in [0.25, 0.3) is 0 Å². The topological polar surface area (TPSA) is 56.2 Å². The number of aryl methyl sites for hydroxylation is 2. The highest BCUT2D eigenvalue weighted by atomic mass is 16.5. The van der Waals surface area contributed by atoms with E-state index >= 15 is 0 Å². The Balaban J connectivity index is 1.59. The van der Waals surface area contributed by atoms with E-state index in [0.717, 1.165) is 67.8 Å². The zero-order chi connectivity index (χ0) is 23.6. The van der Waals surface area contributed by atoms with E-state index in [1.165, 1.54) is 11.1 Å². The molecule has 1 aromatic heterocycles. The molecule has 2 aromatic carbocycles. The Morgan fingerprint density at radius 1 is 1.12 bits per heavy atom. The van der Waals surface area contributed by atoms with Gasteiger partial charge in [-0.1, -0.05) is 51.5 Å². The molecule has 0 saturated carbocycles. The van der Waals surface area contributed by atoms with Crippen molar-refractivity contribution in [1.29, 1.82) is 0 Å². The first-order valence-electron chi connectivity index (χ1n) is 12.4. The third kappa shape index (κ3) is 7.08. The van der Waals surface area contributed by atoms with Crippen LogP contribution in [0.15, 0.2) is 42.5 Å². The summed E-state index contributed by atoms with van der Waals surface area (Å²) in [5.74, 6) is 2.69. The van der Waals surface area contributed by atoms with Gasteiger partial charge in [0, 0.05) is 19.4 Å². The van der Waals surface area contributed by atoms with Crippen LogP contribution < -0.4 is 10.1 Å². The van der Waals surface area contributed by atoms with E-state index in [-0.39, 0.29) is 5.91 Å². The molecule has 0 unspecified atom stereocenters. The van der Waals surface area contributed by atoms with Gasteiger partial charge in [0.1, 0.15) is 18.2 Å². The minimum absolute atomic E-state index is 0.161. The first-order chi connectivity index (χ1) is 16.0. The molecule has 33 heavy (non-hydrogen) atoms. The molecule has 0 aliphatic carbocycles. The Labute approximate surface area is 198 Å². The Morgan fingerprint density at radius 3 is 2.73 bits per heavy atom. The second kappa shape index (κ2) is 12.4. The smallest absolute Gasteiger partial charge is 0.219 e. The zero-order valence-electron chi connectivity index (χ0n) is 20.7. The van der Waals surface area contributed by atoms with Crippen molar-refractivity contribution in [2.45, 2.75) is 78.7 Å². The van der Waals surface area contributed by atoms with Crippen molar-refractivity contribution in [3.63, 3.8) is 0 Å². The van der Waals surface area contributed by atoms with Crippen LogP contribution in [0.1, 0.15) is 75.7 Å². The number of fused-ring (bicyclic) bond motifs is 1. The number of carbonyl (C=O) groups is 1. The number of nitrogens with zero attached hydrogens (tertiary/aromatic N) is 2. The number of rotatable bonds is 13. The number of carbonyl (C=O) groups excluding carboxylic acids is 1. The predicted molar refractivity (Wildman–Crippen MR) is 136 cm³/mol. The summed E-state index contributed by atoms with van der Waals surface area (Å²) >= 11 is 0. The summed E-state index contributed by atoms with van der Waals surface area (Å²) in [4.78, 5) is 16.5. The monoisotopic (exact) mass is 449 g/mol. The van der Waals surface area contributed by atoms with Crippen molar-refractivity contribution in [3.8, 4) is 5.75 Å². The first kappa shape index (κ1) is 24.8. The summed E-state index contributed by atoms with van der Waals surface area (Å²) in [6, 6.07) is 14.8. The molecule has 0 radical (unpaired) electrons. The molecule has 0 atom stereocenters. The molecule has 0 fully saturated rings. The maximum atomic E-state index is 11.6. The SMILES string of the molecule is CCCC(=O)NCCCCCc1nc2ccccc2n1CCOc1cc(C)ccc1C(C)C. The van der Waals surface area contributed by atoms with Crippen molar-refractivity contribution in [2.24, 2.45) is 0 Å². The van der Waals surface area contributed by atoms with Gasteiger partial charge in [-0.15, -0.1) is 0 Å². The fraction of sp³-hybridized carbons (Fsp3) is 0.500. The highest BCUT2D eigenvalue weighted by Crippen LogP contribution is 2.27. The molecule has 0 aliphatic rings. The van der Waals surface area contributed by atoms with Crippen LogP contribution in [0, 0.1) is 6.92 Å². The molecule has 0 aliphatic heterocycles. The summed E-state index contributed by atoms with van der Waals surface area (Å²) in [6.45, 7) is 10.7. The quantitative estimate of drug-likeness (QED) is 0.317. The predicted octanol–water partition coefficient (Wildman–Crippen LogP) is 6.18. The van der Waals surface area contributed by atoms with Gasteiger partial charge in [0.05, 0.1) is 17.6 Å². The number of nitrogens with one attached hydrogen (secondary N) is 1. The lowest BCUT2D eigenvalue weighted by Gasteiger charge is -2.16. The number of hydrogen-bond acceptors (Lipinski definition) is 3. The van der Waals surface area contributed by atoms with Crippen LogP contribution in [-0.2, 0) is 17.8 Å². The molecule has 3 aromatic rings. The van der Waals surface area contributed by atoms with Gasteiger partial charge in [-0.3, -0.25) is 4.79 Å². The summed E-state index contributed by atoms with van der Waals surface area (Å²) in [5, 5.41) is 3.00. The molecule has 0 saturated heterocycles. The number of benzene rings is 2. The van der Waals surface area contributed by atoms with Crippen LogP contribution in [0.4, 0.5) is 0 Å². The van der Waals surface area contributed by atoms with Crippen LogP contribution >= 0.6 is 0 Å². The number of aromatic nitrogens is 2. The lowest BCUT2D eigenvalue weighted by Crippen LogP contribution is -2.23. The van der Waals surface area contributed by atoms with Gasteiger partial charge in [-0.2, -0.15) is 0 Å². The van der Waals surface area contributed by atoms with Crippen molar-refractivity contribution < 1.29 is 9.53 Å². The van der Waals surface area contributed by atoms with E-state index in [9.17, 15) is 4.79 Å². The molecule has 3 rings (SSSR count). The Kier molecular flexibility index (Phi) is 9.35. The van der Waals surface area contributed by atoms with Gasteiger partial charge in [0.2, 0.25) is 5.91 Å². The largest absolute Gasteiger partial charge is 0.491 e. The Bertz CT molecular complexity index is 1040. The minimum Gasteiger partial charge on any atom is -0.491 e. The molecule has 0 spiro atoms. The molecule has 178 valence electrons. The number of imidazole rings is 1. The average molecular weight is 450 g/mol. The van der Waals surface area contributed by atoms with Gasteiger partial charge in [0.15, 0.2) is 0 Å². The van der Waals surface area contributed by atoms with Crippen LogP contribution in [0.25, 0.3) is 11.0 Å². The maximum Gasteiger partial charge on any atom is 0.219 e. The summed E-state index contributed by atoms with van der Waals surface area (Å²) in [7, 11) is 0. The maximum absolute atomic E-state index is 11.6. The van der Waals surface area contributed by atoms with Crippen LogP contribution in [0.5, 0.6) is 5.75 Å². The van der Waals surface area contributed by atoms with E-state index < -0.39 is 0 Å². The molecular weight excluding hydrogens is 410 g/mol. The fourth-order valence-corrected chi connectivity index (χ4v) is 4.18. The first-order valence-corrected chi connectivity index (χ1v) is 12.4. The lowest BCUT2D eigenvalue weighted by molar-refractivity contribution is -0.121. The number of amides is 1. The fourth-order valence-electron chi connectivity index (χ4n) is 4.18. The molecule has 5 heteroatoms. The van der Waals surface area contributed by atoms with Crippen molar-refractivity contribution in [3.05, 3.63) is 59.4 Å². The number of hydrogen-bond donors (Lipinski definition) is 1. The molecule has 1 heterocycles. The van der Waals surface area contributed by atoms with Crippen molar-refractivity contribution in [1.82, 2.24) is 14.9 Å².